The Labute approximate surface area is 171 Å². The molecule has 1 heterocycles. The minimum Gasteiger partial charge on any atom is -0.459 e. The van der Waals surface area contributed by atoms with Crippen LogP contribution in [0.1, 0.15) is 70.4 Å². The number of hydrogen-bond donors (Lipinski definition) is 0. The molecule has 0 spiro atoms. The molecule has 4 nitrogen and oxygen atoms in total. The first-order valence-electron chi connectivity index (χ1n) is 9.81. The van der Waals surface area contributed by atoms with Crippen molar-refractivity contribution in [2.75, 3.05) is 0 Å². The molecule has 0 N–H and O–H groups in total. The Kier molecular flexibility index (Phi) is 5.72. The number of hydrogen-bond acceptors (Lipinski definition) is 3. The van der Waals surface area contributed by atoms with Crippen LogP contribution < -0.4 is 5.56 Å². The van der Waals surface area contributed by atoms with Gasteiger partial charge in [0, 0.05) is 17.3 Å². The maximum atomic E-state index is 12.8. The van der Waals surface area contributed by atoms with E-state index >= 15 is 0 Å². The number of rotatable bonds is 5. The lowest BCUT2D eigenvalue weighted by Crippen LogP contribution is -2.30. The summed E-state index contributed by atoms with van der Waals surface area (Å²) in [6.45, 7) is 9.64. The Bertz CT molecular complexity index is 949. The predicted octanol–water partition coefficient (Wildman–Crippen LogP) is 5.51. The molecular formula is C23H28ClNO3. The maximum Gasteiger partial charge on any atom is 0.326 e. The topological polar surface area (TPSA) is 48.3 Å². The summed E-state index contributed by atoms with van der Waals surface area (Å²) in [6.07, 6.45) is 4.02. The highest BCUT2D eigenvalue weighted by molar-refractivity contribution is 6.30. The highest BCUT2D eigenvalue weighted by Crippen LogP contribution is 2.45. The zero-order valence-corrected chi connectivity index (χ0v) is 18.0. The third-order valence-electron chi connectivity index (χ3n) is 4.82. The monoisotopic (exact) mass is 401 g/mol. The van der Waals surface area contributed by atoms with Gasteiger partial charge in [-0.3, -0.25) is 9.59 Å². The number of halogens is 1. The second-order valence-electron chi connectivity index (χ2n) is 8.86. The van der Waals surface area contributed by atoms with E-state index in [0.717, 1.165) is 35.1 Å². The van der Waals surface area contributed by atoms with E-state index in [2.05, 4.69) is 13.8 Å². The number of esters is 1. The fourth-order valence-corrected chi connectivity index (χ4v) is 3.62. The number of carbonyl (C=O) groups is 1. The highest BCUT2D eigenvalue weighted by Gasteiger charge is 2.29. The summed E-state index contributed by atoms with van der Waals surface area (Å²) in [5.74, 6) is 0.317. The molecule has 1 saturated carbocycles. The molecule has 0 atom stereocenters. The summed E-state index contributed by atoms with van der Waals surface area (Å²) in [5, 5.41) is 0.652. The minimum atomic E-state index is -0.576. The quantitative estimate of drug-likeness (QED) is 0.620. The molecule has 0 unspecified atom stereocenters. The van der Waals surface area contributed by atoms with Gasteiger partial charge in [0.15, 0.2) is 0 Å². The first-order chi connectivity index (χ1) is 13.0. The van der Waals surface area contributed by atoms with Gasteiger partial charge in [0.05, 0.1) is 0 Å². The van der Waals surface area contributed by atoms with E-state index in [-0.39, 0.29) is 12.1 Å². The summed E-state index contributed by atoms with van der Waals surface area (Å²) >= 11 is 6.28. The van der Waals surface area contributed by atoms with Crippen LogP contribution >= 0.6 is 11.6 Å². The SMILES string of the molecule is CC(C)c1ccc(Cl)cc1-c1cc(=O)n(CC(=O)OC(C)(C)C)cc1C1CC1. The second-order valence-corrected chi connectivity index (χ2v) is 9.29. The standard InChI is InChI=1S/C23H28ClNO3/c1-14(2)17-9-8-16(24)10-18(17)19-11-21(26)25(12-20(19)15-6-7-15)13-22(27)28-23(3,4)5/h8-12,14-15H,6-7,13H2,1-5H3. The zero-order valence-electron chi connectivity index (χ0n) is 17.2. The van der Waals surface area contributed by atoms with Crippen molar-refractivity contribution < 1.29 is 9.53 Å². The van der Waals surface area contributed by atoms with Crippen LogP contribution in [0.2, 0.25) is 5.02 Å². The Morgan fingerprint density at radius 3 is 2.46 bits per heavy atom. The summed E-state index contributed by atoms with van der Waals surface area (Å²) in [7, 11) is 0. The molecule has 0 radical (unpaired) electrons. The van der Waals surface area contributed by atoms with Crippen LogP contribution in [0.3, 0.4) is 0 Å². The van der Waals surface area contributed by atoms with Crippen molar-refractivity contribution >= 4 is 17.6 Å². The molecule has 1 aliphatic rings. The molecule has 1 aromatic carbocycles. The van der Waals surface area contributed by atoms with Crippen molar-refractivity contribution in [1.29, 1.82) is 0 Å². The maximum absolute atomic E-state index is 12.8. The molecule has 0 aliphatic heterocycles. The lowest BCUT2D eigenvalue weighted by Gasteiger charge is -2.21. The third-order valence-corrected chi connectivity index (χ3v) is 5.06. The van der Waals surface area contributed by atoms with Crippen LogP contribution in [0.5, 0.6) is 0 Å². The Balaban J connectivity index is 2.06. The van der Waals surface area contributed by atoms with E-state index in [1.807, 2.05) is 45.2 Å². The van der Waals surface area contributed by atoms with Crippen molar-refractivity contribution in [2.24, 2.45) is 0 Å². The fraction of sp³-hybridized carbons (Fsp3) is 0.478. The summed E-state index contributed by atoms with van der Waals surface area (Å²) < 4.78 is 6.84. The Hall–Kier alpha value is -2.07. The van der Waals surface area contributed by atoms with Gasteiger partial charge in [-0.05, 0) is 79.8 Å². The molecule has 28 heavy (non-hydrogen) atoms. The predicted molar refractivity (Wildman–Crippen MR) is 113 cm³/mol. The number of carbonyl (C=O) groups excluding carboxylic acids is 1. The van der Waals surface area contributed by atoms with Gasteiger partial charge in [-0.25, -0.2) is 0 Å². The molecule has 1 aromatic heterocycles. The molecule has 5 heteroatoms. The number of nitrogens with zero attached hydrogens (tertiary/aromatic N) is 1. The molecular weight excluding hydrogens is 374 g/mol. The fourth-order valence-electron chi connectivity index (χ4n) is 3.45. The molecule has 0 saturated heterocycles. The third kappa shape index (κ3) is 4.85. The van der Waals surface area contributed by atoms with E-state index in [1.54, 1.807) is 6.07 Å². The van der Waals surface area contributed by atoms with Gasteiger partial charge in [0.1, 0.15) is 12.1 Å². The first kappa shape index (κ1) is 20.7. The highest BCUT2D eigenvalue weighted by atomic mass is 35.5. The van der Waals surface area contributed by atoms with Crippen LogP contribution in [-0.4, -0.2) is 16.1 Å². The van der Waals surface area contributed by atoms with E-state index < -0.39 is 11.6 Å². The molecule has 1 aliphatic carbocycles. The average Bonchev–Trinajstić information content (AvgIpc) is 3.39. The molecule has 150 valence electrons. The van der Waals surface area contributed by atoms with Crippen molar-refractivity contribution in [3.8, 4) is 11.1 Å². The van der Waals surface area contributed by atoms with Gasteiger partial charge in [-0.2, -0.15) is 0 Å². The van der Waals surface area contributed by atoms with Crippen LogP contribution in [0.25, 0.3) is 11.1 Å². The number of ether oxygens (including phenoxy) is 1. The first-order valence-corrected chi connectivity index (χ1v) is 10.2. The largest absolute Gasteiger partial charge is 0.459 e. The number of pyridine rings is 1. The van der Waals surface area contributed by atoms with Crippen molar-refractivity contribution in [3.05, 3.63) is 57.0 Å². The number of aromatic nitrogens is 1. The molecule has 0 amide bonds. The van der Waals surface area contributed by atoms with E-state index in [9.17, 15) is 9.59 Å². The van der Waals surface area contributed by atoms with E-state index in [0.29, 0.717) is 16.9 Å². The number of benzene rings is 1. The Morgan fingerprint density at radius 1 is 1.21 bits per heavy atom. The molecule has 1 fully saturated rings. The summed E-state index contributed by atoms with van der Waals surface area (Å²) in [5.41, 5.74) is 3.42. The molecule has 2 aromatic rings. The van der Waals surface area contributed by atoms with Gasteiger partial charge >= 0.3 is 5.97 Å². The normalized spacial score (nSPS) is 14.4. The lowest BCUT2D eigenvalue weighted by atomic mass is 9.90. The van der Waals surface area contributed by atoms with E-state index in [4.69, 9.17) is 16.3 Å². The lowest BCUT2D eigenvalue weighted by molar-refractivity contribution is -0.155. The van der Waals surface area contributed by atoms with Gasteiger partial charge in [-0.15, -0.1) is 0 Å². The molecule has 0 bridgehead atoms. The zero-order chi connectivity index (χ0) is 20.6. The Morgan fingerprint density at radius 2 is 1.89 bits per heavy atom. The van der Waals surface area contributed by atoms with Crippen LogP contribution in [-0.2, 0) is 16.1 Å². The second kappa shape index (κ2) is 7.75. The van der Waals surface area contributed by atoms with Crippen molar-refractivity contribution in [2.45, 2.75) is 71.4 Å². The molecule has 3 rings (SSSR count). The summed E-state index contributed by atoms with van der Waals surface area (Å²) in [6, 6.07) is 7.51. The van der Waals surface area contributed by atoms with Crippen molar-refractivity contribution in [3.63, 3.8) is 0 Å². The van der Waals surface area contributed by atoms with E-state index in [1.165, 1.54) is 4.57 Å². The van der Waals surface area contributed by atoms with Crippen LogP contribution in [0.15, 0.2) is 35.3 Å². The van der Waals surface area contributed by atoms with Crippen LogP contribution in [0, 0.1) is 0 Å². The van der Waals surface area contributed by atoms with Gasteiger partial charge in [0.25, 0.3) is 5.56 Å². The minimum absolute atomic E-state index is 0.0807. The van der Waals surface area contributed by atoms with Crippen LogP contribution in [0.4, 0.5) is 0 Å². The van der Waals surface area contributed by atoms with Crippen molar-refractivity contribution in [1.82, 2.24) is 4.57 Å². The van der Waals surface area contributed by atoms with Gasteiger partial charge in [0.2, 0.25) is 0 Å². The average molecular weight is 402 g/mol. The summed E-state index contributed by atoms with van der Waals surface area (Å²) in [4.78, 5) is 25.0. The van der Waals surface area contributed by atoms with Gasteiger partial charge < -0.3 is 9.30 Å². The smallest absolute Gasteiger partial charge is 0.326 e. The van der Waals surface area contributed by atoms with Gasteiger partial charge in [-0.1, -0.05) is 31.5 Å².